The maximum absolute atomic E-state index is 2.58. The fraction of sp³-hybridized carbons (Fsp3) is 0. The van der Waals surface area contributed by atoms with Crippen molar-refractivity contribution in [3.63, 3.8) is 0 Å². The molecular weight excluding hydrogens is 1740 g/mol. The van der Waals surface area contributed by atoms with Crippen LogP contribution >= 0.6 is 0 Å². The number of hydrogen-bond donors (Lipinski definition) is 0. The van der Waals surface area contributed by atoms with Crippen molar-refractivity contribution in [1.29, 1.82) is 0 Å². The summed E-state index contributed by atoms with van der Waals surface area (Å²) in [5, 5.41) is 28.4. The van der Waals surface area contributed by atoms with Gasteiger partial charge in [-0.25, -0.2) is 0 Å². The van der Waals surface area contributed by atoms with E-state index in [0.29, 0.717) is 0 Å². The molecule has 0 aliphatic heterocycles. The quantitative estimate of drug-likeness (QED) is 0.103. The molecule has 0 amide bonds. The van der Waals surface area contributed by atoms with Crippen LogP contribution in [0.5, 0.6) is 0 Å². The van der Waals surface area contributed by atoms with E-state index in [9.17, 15) is 0 Å². The van der Waals surface area contributed by atoms with Gasteiger partial charge in [-0.2, -0.15) is 0 Å². The third-order valence-corrected chi connectivity index (χ3v) is 31.0. The van der Waals surface area contributed by atoms with Gasteiger partial charge in [0.05, 0.1) is 44.1 Å². The van der Waals surface area contributed by atoms with Gasteiger partial charge in [0.25, 0.3) is 0 Å². The summed E-state index contributed by atoms with van der Waals surface area (Å²) in [6.45, 7) is 0. The average molecular weight is 1820 g/mol. The Bertz CT molecular complexity index is 10400. The van der Waals surface area contributed by atoms with Gasteiger partial charge in [0.15, 0.2) is 0 Å². The van der Waals surface area contributed by atoms with Gasteiger partial charge in [-0.05, 0) is 285 Å². The van der Waals surface area contributed by atoms with Crippen LogP contribution in [0.4, 0.5) is 0 Å². The van der Waals surface area contributed by atoms with Crippen molar-refractivity contribution < 1.29 is 0 Å². The van der Waals surface area contributed by atoms with Crippen molar-refractivity contribution in [2.45, 2.75) is 0 Å². The monoisotopic (exact) mass is 1820 g/mol. The zero-order chi connectivity index (χ0) is 94.3. The maximum Gasteiger partial charge on any atom is 0.0626 e. The third kappa shape index (κ3) is 12.2. The summed E-state index contributed by atoms with van der Waals surface area (Å²) in [6.07, 6.45) is 0. The first kappa shape index (κ1) is 81.0. The van der Waals surface area contributed by atoms with E-state index in [1.165, 1.54) is 169 Å². The molecule has 4 heterocycles. The number of fused-ring (bicyclic) bond motifs is 20. The molecular formula is C140H86N4. The fourth-order valence-corrected chi connectivity index (χ4v) is 25.1. The number of hydrogen-bond acceptors (Lipinski definition) is 0. The summed E-state index contributed by atoms with van der Waals surface area (Å²) in [4.78, 5) is 0. The minimum atomic E-state index is 1.09. The van der Waals surface area contributed by atoms with E-state index in [1.54, 1.807) is 0 Å². The normalized spacial score (nSPS) is 12.0. The Labute approximate surface area is 830 Å². The predicted molar refractivity (Wildman–Crippen MR) is 613 cm³/mol. The first-order chi connectivity index (χ1) is 71.5. The second-order valence-corrected chi connectivity index (χ2v) is 38.6. The van der Waals surface area contributed by atoms with Crippen LogP contribution < -0.4 is 0 Å². The first-order valence-electron chi connectivity index (χ1n) is 49.9. The predicted octanol–water partition coefficient (Wildman–Crippen LogP) is 38.3. The molecule has 4 nitrogen and oxygen atoms in total. The summed E-state index contributed by atoms with van der Waals surface area (Å²) >= 11 is 0. The van der Waals surface area contributed by atoms with Gasteiger partial charge in [-0.1, -0.05) is 400 Å². The van der Waals surface area contributed by atoms with E-state index in [1.807, 2.05) is 0 Å². The van der Waals surface area contributed by atoms with E-state index in [4.69, 9.17) is 0 Å². The Hall–Kier alpha value is -19.0. The largest absolute Gasteiger partial charge is 0.309 e. The minimum Gasteiger partial charge on any atom is -0.309 e. The highest BCUT2D eigenvalue weighted by Gasteiger charge is 2.31. The highest BCUT2D eigenvalue weighted by Crippen LogP contribution is 2.57. The van der Waals surface area contributed by atoms with Crippen molar-refractivity contribution in [3.8, 4) is 123 Å². The average Bonchev–Trinajstić information content (AvgIpc) is 1.50. The molecule has 0 N–H and O–H groups in total. The highest BCUT2D eigenvalue weighted by atomic mass is 15.0. The summed E-state index contributed by atoms with van der Waals surface area (Å²) in [5.74, 6) is 0. The summed E-state index contributed by atoms with van der Waals surface area (Å²) in [5.41, 5.74) is 34.6. The van der Waals surface area contributed by atoms with Gasteiger partial charge in [-0.15, -0.1) is 0 Å². The van der Waals surface area contributed by atoms with Crippen molar-refractivity contribution in [2.75, 3.05) is 0 Å². The standard InChI is InChI=1S/C140H86N4/c1-7-39-87(40-8-1)99-54-25-26-60-106(99)131-109-65-37-69-113(135-102-57-24-19-43-91(102)81-123-104-58-27-31-71-125(104)143(139(123)135)97-50-15-5-16-51-97)121(109)86-122-110(131)66-38-70-114(122)136-103-77-75-89(79-94(103)82-124-105-59-28-32-72-126(105)144(140(124)136)98-52-17-6-18-53-98)90-76-78-115(118(80-90)88-41-9-2-10-42-88)132-107-63-35-67-111(133-100-55-22-20-44-92(100)83-129-137(133)116-61-29-33-73-127(116)141(129)95-46-11-3-12-47-95)119(107)85-120-108(132)64-36-68-112(120)134-101-56-23-21-45-93(101)84-130-138(134)117-62-30-34-74-128(117)142(130)96-48-13-4-14-49-96/h1-86H. The van der Waals surface area contributed by atoms with Crippen molar-refractivity contribution in [2.24, 2.45) is 0 Å². The van der Waals surface area contributed by atoms with Crippen LogP contribution in [-0.2, 0) is 0 Å². The Morgan fingerprint density at radius 1 is 0.111 bits per heavy atom. The van der Waals surface area contributed by atoms with Crippen LogP contribution in [-0.4, -0.2) is 18.3 Å². The zero-order valence-corrected chi connectivity index (χ0v) is 78.4. The van der Waals surface area contributed by atoms with Crippen LogP contribution in [0.2, 0.25) is 0 Å². The Kier molecular flexibility index (Phi) is 18.2. The number of rotatable bonds is 13. The lowest BCUT2D eigenvalue weighted by Gasteiger charge is -2.22. The topological polar surface area (TPSA) is 19.7 Å². The smallest absolute Gasteiger partial charge is 0.0626 e. The van der Waals surface area contributed by atoms with Gasteiger partial charge < -0.3 is 18.3 Å². The molecule has 0 fully saturated rings. The Morgan fingerprint density at radius 3 is 0.826 bits per heavy atom. The van der Waals surface area contributed by atoms with Gasteiger partial charge in [0.1, 0.15) is 0 Å². The first-order valence-corrected chi connectivity index (χ1v) is 49.9. The molecule has 30 aromatic rings. The van der Waals surface area contributed by atoms with Gasteiger partial charge in [0.2, 0.25) is 0 Å². The van der Waals surface area contributed by atoms with Crippen LogP contribution in [0, 0.1) is 0 Å². The summed E-state index contributed by atoms with van der Waals surface area (Å²) in [7, 11) is 0. The molecule has 144 heavy (non-hydrogen) atoms. The molecule has 26 aromatic carbocycles. The van der Waals surface area contributed by atoms with Crippen molar-refractivity contribution >= 4 is 173 Å². The molecule has 0 saturated heterocycles. The molecule has 30 rings (SSSR count). The lowest BCUT2D eigenvalue weighted by atomic mass is 9.81. The molecule has 0 bridgehead atoms. The third-order valence-electron chi connectivity index (χ3n) is 31.0. The van der Waals surface area contributed by atoms with Crippen LogP contribution in [0.15, 0.2) is 522 Å². The van der Waals surface area contributed by atoms with Crippen LogP contribution in [0.3, 0.4) is 0 Å². The van der Waals surface area contributed by atoms with Gasteiger partial charge in [-0.3, -0.25) is 0 Å². The fourth-order valence-electron chi connectivity index (χ4n) is 25.1. The van der Waals surface area contributed by atoms with E-state index in [2.05, 4.69) is 540 Å². The van der Waals surface area contributed by atoms with Crippen molar-refractivity contribution in [1.82, 2.24) is 18.3 Å². The van der Waals surface area contributed by atoms with Gasteiger partial charge >= 0.3 is 0 Å². The number of nitrogens with zero attached hydrogens (tertiary/aromatic N) is 4. The molecule has 0 atom stereocenters. The molecule has 666 valence electrons. The highest BCUT2D eigenvalue weighted by molar-refractivity contribution is 6.34. The molecule has 0 aliphatic rings. The van der Waals surface area contributed by atoms with E-state index in [0.717, 1.165) is 128 Å². The second kappa shape index (κ2) is 32.3. The summed E-state index contributed by atoms with van der Waals surface area (Å²) < 4.78 is 10.0. The second-order valence-electron chi connectivity index (χ2n) is 38.6. The molecule has 0 unspecified atom stereocenters. The number of aromatic nitrogens is 4. The molecule has 0 spiro atoms. The van der Waals surface area contributed by atoms with Crippen LogP contribution in [0.25, 0.3) is 296 Å². The lowest BCUT2D eigenvalue weighted by molar-refractivity contribution is 1.18. The summed E-state index contributed by atoms with van der Waals surface area (Å²) in [6, 6.07) is 197. The Balaban J connectivity index is 0.694. The van der Waals surface area contributed by atoms with E-state index in [-0.39, 0.29) is 0 Å². The SMILES string of the molecule is c1ccc(-c2cc(-c3ccc4c(-c5cccc6c(-c7ccccc7-c7ccccc7)c7cccc(-c8c9ccccc9cc9c%10ccccc%10n(-c%10ccccc%10)c89)c7cc56)c5c(cc4c3)c3ccccc3n5-c3ccccc3)ccc2-c2c3cccc(-c4c5ccccc5cc5c4c4ccccc4n5-c4ccccc4)c3cc3c(-c4c5ccccc5cc5c4c4ccccc4n5-c4ccccc4)cccc23)cc1. The van der Waals surface area contributed by atoms with Crippen molar-refractivity contribution in [3.05, 3.63) is 522 Å². The molecule has 0 aliphatic carbocycles. The number of benzene rings is 26. The van der Waals surface area contributed by atoms with E-state index < -0.39 is 0 Å². The molecule has 4 aromatic heterocycles. The molecule has 4 heteroatoms. The molecule has 0 saturated carbocycles. The molecule has 0 radical (unpaired) electrons. The maximum atomic E-state index is 2.58. The van der Waals surface area contributed by atoms with E-state index >= 15 is 0 Å². The Morgan fingerprint density at radius 2 is 0.396 bits per heavy atom. The van der Waals surface area contributed by atoms with Gasteiger partial charge in [0, 0.05) is 88.1 Å². The minimum absolute atomic E-state index is 1.09. The number of para-hydroxylation sites is 8. The van der Waals surface area contributed by atoms with Crippen LogP contribution in [0.1, 0.15) is 0 Å². The lowest BCUT2D eigenvalue weighted by Crippen LogP contribution is -1.98. The zero-order valence-electron chi connectivity index (χ0n) is 78.4.